The summed E-state index contributed by atoms with van der Waals surface area (Å²) >= 11 is 0. The second-order valence-corrected chi connectivity index (χ2v) is 13.4. The first-order valence-electron chi connectivity index (χ1n) is 18.0. The van der Waals surface area contributed by atoms with Gasteiger partial charge < -0.3 is 24.3 Å². The minimum Gasteiger partial charge on any atom is -0.464 e. The van der Waals surface area contributed by atoms with Gasteiger partial charge in [-0.2, -0.15) is 0 Å². The summed E-state index contributed by atoms with van der Waals surface area (Å²) in [4.78, 5) is 68.1. The Morgan fingerprint density at radius 2 is 1.45 bits per heavy atom. The Hall–Kier alpha value is -6.09. The fourth-order valence-electron chi connectivity index (χ4n) is 6.70. The molecule has 5 atom stereocenters. The van der Waals surface area contributed by atoms with E-state index in [4.69, 9.17) is 18.9 Å². The third kappa shape index (κ3) is 7.92. The fourth-order valence-corrected chi connectivity index (χ4v) is 6.70. The van der Waals surface area contributed by atoms with E-state index in [1.54, 1.807) is 96.4 Å². The van der Waals surface area contributed by atoms with Crippen LogP contribution in [0.2, 0.25) is 0 Å². The Balaban J connectivity index is 1.14. The summed E-state index contributed by atoms with van der Waals surface area (Å²) in [6.45, 7) is 5.53. The highest BCUT2D eigenvalue weighted by Gasteiger charge is 2.55. The van der Waals surface area contributed by atoms with E-state index in [9.17, 15) is 19.2 Å². The van der Waals surface area contributed by atoms with Gasteiger partial charge in [0.05, 0.1) is 12.9 Å². The van der Waals surface area contributed by atoms with Crippen LogP contribution in [0.5, 0.6) is 0 Å². The number of amides is 3. The van der Waals surface area contributed by atoms with Crippen LogP contribution in [0.15, 0.2) is 116 Å². The molecule has 14 heteroatoms. The van der Waals surface area contributed by atoms with Crippen molar-refractivity contribution in [3.63, 3.8) is 0 Å². The monoisotopic (exact) mass is 744 g/mol. The number of rotatable bonds is 12. The average molecular weight is 745 g/mol. The van der Waals surface area contributed by atoms with Crippen LogP contribution in [0.4, 0.5) is 5.82 Å². The van der Waals surface area contributed by atoms with Crippen molar-refractivity contribution in [1.29, 1.82) is 0 Å². The van der Waals surface area contributed by atoms with Gasteiger partial charge in [-0.25, -0.2) is 24.6 Å². The largest absolute Gasteiger partial charge is 0.464 e. The molecule has 7 rings (SSSR count). The number of fused-ring (bicyclic) bond motifs is 2. The zero-order chi connectivity index (χ0) is 38.5. The standard InChI is InChI=1S/C41H40N6O8/c1-4-52-40(51)29(45-36(48)26-16-8-5-9-17-26)22-14-15-23-30-32-33(55-41(2,3)54-32)39(53-30)46-25-44-31-34(46)42-24-43-35(31)47(37(49)27-18-10-6-11-19-27)38(50)28-20-12-7-13-21-28/h5-13,15-21,23-25,29-30,32-33,39H,4,14,22H2,1-3H3,(H,45,48)/b23-15+/t29?,30-,32-,33-,39-/m1/s1. The minimum atomic E-state index is -0.933. The number of benzene rings is 3. The molecule has 2 aliphatic rings. The Morgan fingerprint density at radius 1 is 0.855 bits per heavy atom. The SMILES string of the molecule is CCOC(=O)C(CC/C=C/[C@H]1O[C@@H](n2cnc3c(N(C(=O)c4ccccc4)C(=O)c4ccccc4)ncnc32)[C@@H]2OC(C)(C)O[C@@H]21)NC(=O)c1ccccc1. The molecule has 14 nitrogen and oxygen atoms in total. The van der Waals surface area contributed by atoms with Crippen LogP contribution < -0.4 is 10.2 Å². The fraction of sp³-hybridized carbons (Fsp3) is 0.293. The summed E-state index contributed by atoms with van der Waals surface area (Å²) in [5, 5.41) is 2.79. The Morgan fingerprint density at radius 3 is 2.07 bits per heavy atom. The maximum atomic E-state index is 14.0. The van der Waals surface area contributed by atoms with E-state index in [1.165, 1.54) is 12.7 Å². The molecule has 0 bridgehead atoms. The van der Waals surface area contributed by atoms with Gasteiger partial charge in [0.25, 0.3) is 17.7 Å². The summed E-state index contributed by atoms with van der Waals surface area (Å²) in [5.41, 5.74) is 1.54. The summed E-state index contributed by atoms with van der Waals surface area (Å²) in [6.07, 6.45) is 4.74. The number of hydrogen-bond donors (Lipinski definition) is 1. The van der Waals surface area contributed by atoms with Crippen molar-refractivity contribution >= 4 is 40.7 Å². The molecule has 0 aliphatic carbocycles. The lowest BCUT2D eigenvalue weighted by atomic mass is 10.1. The van der Waals surface area contributed by atoms with E-state index in [-0.39, 0.29) is 30.3 Å². The van der Waals surface area contributed by atoms with Crippen molar-refractivity contribution in [2.75, 3.05) is 11.5 Å². The van der Waals surface area contributed by atoms with E-state index in [1.807, 2.05) is 32.1 Å². The molecule has 55 heavy (non-hydrogen) atoms. The number of imidazole rings is 1. The summed E-state index contributed by atoms with van der Waals surface area (Å²) in [5.74, 6) is -2.97. The molecule has 0 radical (unpaired) electrons. The molecule has 2 aliphatic heterocycles. The van der Waals surface area contributed by atoms with Gasteiger partial charge in [-0.1, -0.05) is 66.7 Å². The highest BCUT2D eigenvalue weighted by Crippen LogP contribution is 2.44. The first-order chi connectivity index (χ1) is 26.6. The molecule has 0 spiro atoms. The zero-order valence-corrected chi connectivity index (χ0v) is 30.5. The predicted octanol–water partition coefficient (Wildman–Crippen LogP) is 5.43. The van der Waals surface area contributed by atoms with Crippen LogP contribution in [0, 0.1) is 0 Å². The number of allylic oxidation sites excluding steroid dienone is 1. The highest BCUT2D eigenvalue weighted by atomic mass is 16.8. The van der Waals surface area contributed by atoms with Crippen molar-refractivity contribution in [2.24, 2.45) is 0 Å². The molecule has 4 heterocycles. The van der Waals surface area contributed by atoms with E-state index >= 15 is 0 Å². The molecular formula is C41H40N6O8. The summed E-state index contributed by atoms with van der Waals surface area (Å²) in [6, 6.07) is 24.7. The van der Waals surface area contributed by atoms with Crippen LogP contribution in [-0.4, -0.2) is 80.0 Å². The number of hydrogen-bond acceptors (Lipinski definition) is 11. The maximum absolute atomic E-state index is 14.0. The quantitative estimate of drug-likeness (QED) is 0.0985. The lowest BCUT2D eigenvalue weighted by molar-refractivity contribution is -0.191. The summed E-state index contributed by atoms with van der Waals surface area (Å²) < 4.78 is 26.1. The molecule has 2 aromatic heterocycles. The van der Waals surface area contributed by atoms with Gasteiger partial charge in [0.1, 0.15) is 30.7 Å². The second-order valence-electron chi connectivity index (χ2n) is 13.4. The van der Waals surface area contributed by atoms with Gasteiger partial charge in [-0.3, -0.25) is 19.0 Å². The van der Waals surface area contributed by atoms with Crippen molar-refractivity contribution in [1.82, 2.24) is 24.8 Å². The number of aromatic nitrogens is 4. The van der Waals surface area contributed by atoms with Crippen LogP contribution in [0.25, 0.3) is 11.2 Å². The molecule has 282 valence electrons. The third-order valence-corrected chi connectivity index (χ3v) is 9.20. The summed E-state index contributed by atoms with van der Waals surface area (Å²) in [7, 11) is 0. The van der Waals surface area contributed by atoms with E-state index in [0.29, 0.717) is 28.8 Å². The molecule has 1 unspecified atom stereocenters. The minimum absolute atomic E-state index is 0.0110. The van der Waals surface area contributed by atoms with E-state index in [0.717, 1.165) is 4.90 Å². The van der Waals surface area contributed by atoms with Crippen LogP contribution in [-0.2, 0) is 23.7 Å². The Kier molecular flexibility index (Phi) is 10.9. The van der Waals surface area contributed by atoms with Gasteiger partial charge >= 0.3 is 5.97 Å². The Bertz CT molecular complexity index is 2140. The maximum Gasteiger partial charge on any atom is 0.328 e. The lowest BCUT2D eigenvalue weighted by Crippen LogP contribution is -2.41. The number of imide groups is 1. The van der Waals surface area contributed by atoms with E-state index in [2.05, 4.69) is 20.3 Å². The van der Waals surface area contributed by atoms with Gasteiger partial charge in [0, 0.05) is 16.7 Å². The van der Waals surface area contributed by atoms with Crippen molar-refractivity contribution < 1.29 is 38.1 Å². The Labute approximate surface area is 317 Å². The van der Waals surface area contributed by atoms with Crippen molar-refractivity contribution in [3.05, 3.63) is 132 Å². The first kappa shape index (κ1) is 37.2. The molecule has 5 aromatic rings. The van der Waals surface area contributed by atoms with Crippen molar-refractivity contribution in [2.45, 2.75) is 70.0 Å². The van der Waals surface area contributed by atoms with Gasteiger partial charge in [-0.15, -0.1) is 0 Å². The average Bonchev–Trinajstić information content (AvgIpc) is 3.87. The second kappa shape index (κ2) is 16.1. The van der Waals surface area contributed by atoms with E-state index < -0.39 is 54.2 Å². The number of carbonyl (C=O) groups excluding carboxylic acids is 4. The molecule has 3 amide bonds. The van der Waals surface area contributed by atoms with Crippen LogP contribution in [0.3, 0.4) is 0 Å². The zero-order valence-electron chi connectivity index (χ0n) is 30.5. The number of carbonyl (C=O) groups is 4. The molecule has 1 N–H and O–H groups in total. The number of nitrogens with zero attached hydrogens (tertiary/aromatic N) is 5. The smallest absolute Gasteiger partial charge is 0.328 e. The first-order valence-corrected chi connectivity index (χ1v) is 18.0. The van der Waals surface area contributed by atoms with Gasteiger partial charge in [0.2, 0.25) is 0 Å². The number of anilines is 1. The highest BCUT2D eigenvalue weighted by molar-refractivity contribution is 6.27. The number of esters is 1. The normalized spacial score (nSPS) is 20.6. The lowest BCUT2D eigenvalue weighted by Gasteiger charge is -2.24. The molecule has 3 aromatic carbocycles. The molecule has 0 saturated carbocycles. The van der Waals surface area contributed by atoms with Crippen molar-refractivity contribution in [3.8, 4) is 0 Å². The predicted molar refractivity (Wildman–Crippen MR) is 200 cm³/mol. The van der Waals surface area contributed by atoms with Gasteiger partial charge in [-0.05, 0) is 70.0 Å². The third-order valence-electron chi connectivity index (χ3n) is 9.20. The molecule has 2 fully saturated rings. The van der Waals surface area contributed by atoms with Crippen LogP contribution >= 0.6 is 0 Å². The number of nitrogens with one attached hydrogen (secondary N) is 1. The van der Waals surface area contributed by atoms with Gasteiger partial charge in [0.15, 0.2) is 29.0 Å². The topological polar surface area (TPSA) is 164 Å². The van der Waals surface area contributed by atoms with Crippen LogP contribution in [0.1, 0.15) is 70.9 Å². The molecule has 2 saturated heterocycles. The number of ether oxygens (including phenoxy) is 4. The molecular weight excluding hydrogens is 704 g/mol.